The van der Waals surface area contributed by atoms with Crippen molar-refractivity contribution in [2.45, 2.75) is 12.8 Å². The number of hydrogen-bond acceptors (Lipinski definition) is 3. The van der Waals surface area contributed by atoms with Gasteiger partial charge in [0.15, 0.2) is 0 Å². The van der Waals surface area contributed by atoms with Gasteiger partial charge in [-0.05, 0) is 6.42 Å². The lowest BCUT2D eigenvalue weighted by Gasteiger charge is -2.03. The van der Waals surface area contributed by atoms with E-state index >= 15 is 0 Å². The number of nitrogens with one attached hydrogen (secondary N) is 1. The topological polar surface area (TPSA) is 75.6 Å². The van der Waals surface area contributed by atoms with Crippen LogP contribution < -0.4 is 5.32 Å². The van der Waals surface area contributed by atoms with Gasteiger partial charge in [-0.3, -0.25) is 4.79 Å². The number of carboxylic acids is 1. The number of aliphatic carboxylic acids is 1. The fourth-order valence-corrected chi connectivity index (χ4v) is 0.612. The Kier molecular flexibility index (Phi) is 6.58. The van der Waals surface area contributed by atoms with Crippen LogP contribution in [0.3, 0.4) is 0 Å². The molecule has 13 heavy (non-hydrogen) atoms. The lowest BCUT2D eigenvalue weighted by atomic mass is 10.3. The van der Waals surface area contributed by atoms with E-state index in [4.69, 9.17) is 5.11 Å². The Balaban J connectivity index is 3.22. The Morgan fingerprint density at radius 2 is 2.15 bits per heavy atom. The average Bonchev–Trinajstić information content (AvgIpc) is 2.08. The molecule has 0 aromatic carbocycles. The van der Waals surface area contributed by atoms with Gasteiger partial charge >= 0.3 is 12.1 Å². The second kappa shape index (κ2) is 7.33. The minimum atomic E-state index is -0.918. The van der Waals surface area contributed by atoms with E-state index in [2.05, 4.69) is 10.1 Å². The van der Waals surface area contributed by atoms with Crippen molar-refractivity contribution in [3.63, 3.8) is 0 Å². The molecule has 0 aliphatic carbocycles. The molecular weight excluding hydrogens is 181 g/mol. The first kappa shape index (κ1) is 11.7. The number of hydrogen-bond donors (Lipinski definition) is 2. The zero-order valence-corrected chi connectivity index (χ0v) is 7.09. The Morgan fingerprint density at radius 1 is 1.46 bits per heavy atom. The highest BCUT2D eigenvalue weighted by atomic mass is 19.1. The highest BCUT2D eigenvalue weighted by Crippen LogP contribution is 1.86. The third kappa shape index (κ3) is 8.58. The highest BCUT2D eigenvalue weighted by Gasteiger charge is 2.01. The number of carboxylic acid groups (broad SMARTS) is 1. The number of carbonyl (C=O) groups is 2. The van der Waals surface area contributed by atoms with Crippen molar-refractivity contribution in [2.24, 2.45) is 0 Å². The minimum Gasteiger partial charge on any atom is -0.481 e. The first-order chi connectivity index (χ1) is 6.16. The first-order valence-electron chi connectivity index (χ1n) is 3.85. The van der Waals surface area contributed by atoms with Gasteiger partial charge in [-0.1, -0.05) is 0 Å². The van der Waals surface area contributed by atoms with Gasteiger partial charge < -0.3 is 15.2 Å². The molecule has 0 aliphatic rings. The molecule has 0 saturated carbocycles. The summed E-state index contributed by atoms with van der Waals surface area (Å²) in [4.78, 5) is 20.6. The molecule has 0 saturated heterocycles. The zero-order chi connectivity index (χ0) is 10.1. The fraction of sp³-hybridized carbons (Fsp3) is 0.714. The van der Waals surface area contributed by atoms with Crippen molar-refractivity contribution in [3.05, 3.63) is 0 Å². The number of halogens is 1. The number of carbonyl (C=O) groups excluding carboxylic acids is 1. The molecular formula is C7H12FNO4. The maximum absolute atomic E-state index is 11.5. The maximum atomic E-state index is 11.5. The van der Waals surface area contributed by atoms with Gasteiger partial charge in [0, 0.05) is 13.0 Å². The molecule has 0 aliphatic heterocycles. The van der Waals surface area contributed by atoms with Crippen molar-refractivity contribution in [1.29, 1.82) is 0 Å². The van der Waals surface area contributed by atoms with E-state index in [-0.39, 0.29) is 19.6 Å². The monoisotopic (exact) mass is 193 g/mol. The summed E-state index contributed by atoms with van der Waals surface area (Å²) in [7, 11) is 0. The first-order valence-corrected chi connectivity index (χ1v) is 3.85. The predicted octanol–water partition coefficient (Wildman–Crippen LogP) is 0.547. The van der Waals surface area contributed by atoms with E-state index in [0.717, 1.165) is 0 Å². The largest absolute Gasteiger partial charge is 0.481 e. The number of ether oxygens (including phenoxy) is 1. The summed E-state index contributed by atoms with van der Waals surface area (Å²) in [6, 6.07) is 0. The third-order valence-electron chi connectivity index (χ3n) is 1.15. The van der Waals surface area contributed by atoms with Crippen LogP contribution in [0, 0.1) is 0 Å². The van der Waals surface area contributed by atoms with E-state index in [1.165, 1.54) is 0 Å². The molecule has 0 fully saturated rings. The van der Waals surface area contributed by atoms with E-state index < -0.39 is 18.7 Å². The molecule has 1 amide bonds. The van der Waals surface area contributed by atoms with Crippen LogP contribution in [0.2, 0.25) is 0 Å². The van der Waals surface area contributed by atoms with Crippen molar-refractivity contribution >= 4 is 12.1 Å². The highest BCUT2D eigenvalue weighted by molar-refractivity contribution is 5.68. The lowest BCUT2D eigenvalue weighted by Crippen LogP contribution is -2.26. The van der Waals surface area contributed by atoms with Crippen LogP contribution >= 0.6 is 0 Å². The molecule has 2 N–H and O–H groups in total. The van der Waals surface area contributed by atoms with Crippen LogP contribution in [0.15, 0.2) is 0 Å². The Hall–Kier alpha value is -1.33. The molecule has 0 bridgehead atoms. The Morgan fingerprint density at radius 3 is 2.69 bits per heavy atom. The smallest absolute Gasteiger partial charge is 0.407 e. The van der Waals surface area contributed by atoms with Crippen LogP contribution in [-0.2, 0) is 9.53 Å². The van der Waals surface area contributed by atoms with Crippen LogP contribution in [0.1, 0.15) is 12.8 Å². The van der Waals surface area contributed by atoms with Crippen molar-refractivity contribution < 1.29 is 23.8 Å². The van der Waals surface area contributed by atoms with E-state index in [1.807, 2.05) is 0 Å². The number of alkyl carbamates (subject to hydrolysis) is 1. The molecule has 0 radical (unpaired) electrons. The predicted molar refractivity (Wildman–Crippen MR) is 42.2 cm³/mol. The second-order valence-electron chi connectivity index (χ2n) is 2.25. The molecule has 0 unspecified atom stereocenters. The fourth-order valence-electron chi connectivity index (χ4n) is 0.612. The quantitative estimate of drug-likeness (QED) is 0.604. The van der Waals surface area contributed by atoms with Crippen molar-refractivity contribution in [3.8, 4) is 0 Å². The van der Waals surface area contributed by atoms with Crippen LogP contribution in [-0.4, -0.2) is 37.0 Å². The van der Waals surface area contributed by atoms with E-state index in [1.54, 1.807) is 0 Å². The molecule has 76 valence electrons. The normalized spacial score (nSPS) is 9.31. The molecule has 0 aromatic heterocycles. The van der Waals surface area contributed by atoms with Crippen LogP contribution in [0.4, 0.5) is 9.18 Å². The second-order valence-corrected chi connectivity index (χ2v) is 2.25. The molecule has 0 rings (SSSR count). The third-order valence-corrected chi connectivity index (χ3v) is 1.15. The van der Waals surface area contributed by atoms with Crippen LogP contribution in [0.25, 0.3) is 0 Å². The van der Waals surface area contributed by atoms with Crippen molar-refractivity contribution in [1.82, 2.24) is 5.32 Å². The van der Waals surface area contributed by atoms with Gasteiger partial charge in [0.2, 0.25) is 0 Å². The SMILES string of the molecule is O=C(O)CCCNC(=O)OCCF. The van der Waals surface area contributed by atoms with Gasteiger partial charge in [0.05, 0.1) is 0 Å². The number of rotatable bonds is 6. The summed E-state index contributed by atoms with van der Waals surface area (Å²) in [5.41, 5.74) is 0. The zero-order valence-electron chi connectivity index (χ0n) is 7.09. The van der Waals surface area contributed by atoms with Gasteiger partial charge in [-0.2, -0.15) is 0 Å². The molecule has 0 heterocycles. The molecule has 6 heteroatoms. The summed E-state index contributed by atoms with van der Waals surface area (Å²) in [5, 5.41) is 10.5. The molecule has 0 aromatic rings. The molecule has 0 atom stereocenters. The summed E-state index contributed by atoms with van der Waals surface area (Å²) in [5.74, 6) is -0.918. The summed E-state index contributed by atoms with van der Waals surface area (Å²) in [6.45, 7) is -0.773. The molecule has 5 nitrogen and oxygen atoms in total. The van der Waals surface area contributed by atoms with Gasteiger partial charge in [-0.15, -0.1) is 0 Å². The van der Waals surface area contributed by atoms with Gasteiger partial charge in [0.25, 0.3) is 0 Å². The summed E-state index contributed by atoms with van der Waals surface area (Å²) >= 11 is 0. The number of alkyl halides is 1. The maximum Gasteiger partial charge on any atom is 0.407 e. The van der Waals surface area contributed by atoms with E-state index in [9.17, 15) is 14.0 Å². The standard InChI is InChI=1S/C7H12FNO4/c8-3-5-13-7(12)9-4-1-2-6(10)11/h1-5H2,(H,9,12)(H,10,11). The minimum absolute atomic E-state index is 0.0105. The Bertz CT molecular complexity index is 174. The van der Waals surface area contributed by atoms with E-state index in [0.29, 0.717) is 6.42 Å². The Labute approximate surface area is 74.9 Å². The van der Waals surface area contributed by atoms with Crippen LogP contribution in [0.5, 0.6) is 0 Å². The van der Waals surface area contributed by atoms with Gasteiger partial charge in [-0.25, -0.2) is 9.18 Å². The van der Waals surface area contributed by atoms with Gasteiger partial charge in [0.1, 0.15) is 13.3 Å². The summed E-state index contributed by atoms with van der Waals surface area (Å²) < 4.78 is 15.8. The number of amides is 1. The average molecular weight is 193 g/mol. The van der Waals surface area contributed by atoms with Crippen molar-refractivity contribution in [2.75, 3.05) is 19.8 Å². The molecule has 0 spiro atoms. The summed E-state index contributed by atoms with van der Waals surface area (Å²) in [6.07, 6.45) is -0.397. The lowest BCUT2D eigenvalue weighted by molar-refractivity contribution is -0.137.